The fourth-order valence-electron chi connectivity index (χ4n) is 5.99. The highest BCUT2D eigenvalue weighted by molar-refractivity contribution is 5.19. The van der Waals surface area contributed by atoms with E-state index in [9.17, 15) is 4.39 Å². The van der Waals surface area contributed by atoms with E-state index in [1.807, 2.05) is 0 Å². The molecule has 0 amide bonds. The van der Waals surface area contributed by atoms with Crippen LogP contribution in [0.4, 0.5) is 4.39 Å². The molecule has 4 saturated carbocycles. The van der Waals surface area contributed by atoms with Crippen molar-refractivity contribution in [2.75, 3.05) is 13.1 Å². The van der Waals surface area contributed by atoms with Crippen molar-refractivity contribution in [3.05, 3.63) is 35.6 Å². The predicted molar refractivity (Wildman–Crippen MR) is 91.4 cm³/mol. The van der Waals surface area contributed by atoms with Crippen molar-refractivity contribution in [2.24, 2.45) is 28.9 Å². The van der Waals surface area contributed by atoms with Gasteiger partial charge in [-0.15, -0.1) is 0 Å². The van der Waals surface area contributed by atoms with E-state index in [-0.39, 0.29) is 11.9 Å². The maximum absolute atomic E-state index is 13.0. The minimum Gasteiger partial charge on any atom is -0.324 e. The van der Waals surface area contributed by atoms with Gasteiger partial charge in [0.15, 0.2) is 0 Å². The van der Waals surface area contributed by atoms with Gasteiger partial charge in [0.2, 0.25) is 0 Å². The Morgan fingerprint density at radius 3 is 2.17 bits per heavy atom. The van der Waals surface area contributed by atoms with Gasteiger partial charge in [0, 0.05) is 12.6 Å². The second kappa shape index (κ2) is 6.18. The van der Waals surface area contributed by atoms with Gasteiger partial charge in [-0.2, -0.15) is 0 Å². The summed E-state index contributed by atoms with van der Waals surface area (Å²) >= 11 is 0. The maximum atomic E-state index is 13.0. The zero-order valence-corrected chi connectivity index (χ0v) is 13.9. The van der Waals surface area contributed by atoms with Crippen LogP contribution in [0.15, 0.2) is 24.3 Å². The quantitative estimate of drug-likeness (QED) is 0.778. The molecule has 3 heteroatoms. The van der Waals surface area contributed by atoms with Gasteiger partial charge in [-0.05, 0) is 92.4 Å². The predicted octanol–water partition coefficient (Wildman–Crippen LogP) is 4.02. The molecule has 5 rings (SSSR count). The first-order valence-corrected chi connectivity index (χ1v) is 9.34. The molecule has 4 bridgehead atoms. The minimum absolute atomic E-state index is 0.000497. The molecule has 23 heavy (non-hydrogen) atoms. The van der Waals surface area contributed by atoms with E-state index in [1.54, 1.807) is 12.1 Å². The van der Waals surface area contributed by atoms with Gasteiger partial charge in [0.25, 0.3) is 0 Å². The van der Waals surface area contributed by atoms with Crippen molar-refractivity contribution in [2.45, 2.75) is 51.0 Å². The van der Waals surface area contributed by atoms with E-state index in [2.05, 4.69) is 5.32 Å². The molecule has 1 atom stereocenters. The highest BCUT2D eigenvalue weighted by Crippen LogP contribution is 2.59. The van der Waals surface area contributed by atoms with E-state index in [4.69, 9.17) is 5.73 Å². The Morgan fingerprint density at radius 2 is 1.61 bits per heavy atom. The molecule has 4 aliphatic rings. The number of halogens is 1. The molecule has 0 radical (unpaired) electrons. The molecular formula is C20H29FN2. The van der Waals surface area contributed by atoms with E-state index in [0.29, 0.717) is 5.41 Å². The highest BCUT2D eigenvalue weighted by atomic mass is 19.1. The van der Waals surface area contributed by atoms with E-state index >= 15 is 0 Å². The molecule has 0 aromatic heterocycles. The van der Waals surface area contributed by atoms with Crippen LogP contribution in [-0.4, -0.2) is 13.1 Å². The molecule has 126 valence electrons. The molecule has 4 aliphatic carbocycles. The van der Waals surface area contributed by atoms with Crippen molar-refractivity contribution in [1.82, 2.24) is 5.32 Å². The van der Waals surface area contributed by atoms with Gasteiger partial charge in [-0.3, -0.25) is 0 Å². The zero-order chi connectivity index (χ0) is 15.9. The van der Waals surface area contributed by atoms with Crippen LogP contribution in [0.25, 0.3) is 0 Å². The third-order valence-corrected chi connectivity index (χ3v) is 6.60. The third-order valence-electron chi connectivity index (χ3n) is 6.60. The van der Waals surface area contributed by atoms with Crippen LogP contribution in [0.3, 0.4) is 0 Å². The molecule has 0 spiro atoms. The van der Waals surface area contributed by atoms with Crippen LogP contribution in [0, 0.1) is 29.0 Å². The summed E-state index contributed by atoms with van der Waals surface area (Å²) in [5, 5.41) is 3.70. The number of nitrogens with two attached hydrogens (primary N) is 1. The Balaban J connectivity index is 1.25. The molecule has 1 aromatic carbocycles. The van der Waals surface area contributed by atoms with Crippen molar-refractivity contribution in [3.8, 4) is 0 Å². The summed E-state index contributed by atoms with van der Waals surface area (Å²) in [6.45, 7) is 2.13. The molecule has 3 N–H and O–H groups in total. The first kappa shape index (κ1) is 15.6. The summed E-state index contributed by atoms with van der Waals surface area (Å²) in [6.07, 6.45) is 9.80. The van der Waals surface area contributed by atoms with Crippen molar-refractivity contribution >= 4 is 0 Å². The lowest BCUT2D eigenvalue weighted by atomic mass is 9.49. The monoisotopic (exact) mass is 316 g/mol. The van der Waals surface area contributed by atoms with Gasteiger partial charge in [0.1, 0.15) is 5.82 Å². The lowest BCUT2D eigenvalue weighted by Crippen LogP contribution is -2.50. The zero-order valence-electron chi connectivity index (χ0n) is 13.9. The van der Waals surface area contributed by atoms with Gasteiger partial charge in [-0.25, -0.2) is 4.39 Å². The average Bonchev–Trinajstić information content (AvgIpc) is 2.51. The van der Waals surface area contributed by atoms with Crippen molar-refractivity contribution in [3.63, 3.8) is 0 Å². The normalized spacial score (nSPS) is 36.3. The fourth-order valence-corrected chi connectivity index (χ4v) is 5.99. The summed E-state index contributed by atoms with van der Waals surface area (Å²) in [5.41, 5.74) is 7.85. The van der Waals surface area contributed by atoms with Gasteiger partial charge in [0.05, 0.1) is 0 Å². The number of benzene rings is 1. The van der Waals surface area contributed by atoms with Gasteiger partial charge >= 0.3 is 0 Å². The average molecular weight is 316 g/mol. The molecule has 1 aromatic rings. The summed E-state index contributed by atoms with van der Waals surface area (Å²) in [6, 6.07) is 6.60. The number of rotatable bonds is 6. The van der Waals surface area contributed by atoms with Crippen molar-refractivity contribution < 1.29 is 4.39 Å². The molecule has 0 heterocycles. The van der Waals surface area contributed by atoms with Crippen LogP contribution in [0.1, 0.15) is 56.6 Å². The second-order valence-corrected chi connectivity index (χ2v) is 8.54. The highest BCUT2D eigenvalue weighted by Gasteiger charge is 2.50. The van der Waals surface area contributed by atoms with Crippen molar-refractivity contribution in [1.29, 1.82) is 0 Å². The summed E-state index contributed by atoms with van der Waals surface area (Å²) in [7, 11) is 0. The molecule has 0 aliphatic heterocycles. The lowest BCUT2D eigenvalue weighted by Gasteiger charge is -2.57. The van der Waals surface area contributed by atoms with E-state index in [0.717, 1.165) is 36.3 Å². The van der Waals surface area contributed by atoms with Crippen LogP contribution in [0.5, 0.6) is 0 Å². The molecule has 4 fully saturated rings. The van der Waals surface area contributed by atoms with Crippen LogP contribution in [-0.2, 0) is 0 Å². The second-order valence-electron chi connectivity index (χ2n) is 8.54. The summed E-state index contributed by atoms with van der Waals surface area (Å²) < 4.78 is 13.0. The molecule has 0 saturated heterocycles. The largest absolute Gasteiger partial charge is 0.324 e. The van der Waals surface area contributed by atoms with E-state index < -0.39 is 0 Å². The Bertz CT molecular complexity index is 504. The van der Waals surface area contributed by atoms with Crippen LogP contribution >= 0.6 is 0 Å². The summed E-state index contributed by atoms with van der Waals surface area (Å²) in [5.74, 6) is 2.86. The fraction of sp³-hybridized carbons (Fsp3) is 0.700. The molecule has 2 nitrogen and oxygen atoms in total. The minimum atomic E-state index is -0.194. The molecule has 1 unspecified atom stereocenters. The van der Waals surface area contributed by atoms with Crippen LogP contribution < -0.4 is 11.1 Å². The van der Waals surface area contributed by atoms with Crippen LogP contribution in [0.2, 0.25) is 0 Å². The Labute approximate surface area is 139 Å². The SMILES string of the molecule is NC(CCNCC12CC3CC(CC(C3)C1)C2)c1ccc(F)cc1. The standard InChI is InChI=1S/C20H29FN2/c21-18-3-1-17(2-4-18)19(22)5-6-23-13-20-10-14-7-15(11-20)9-16(8-14)12-20/h1-4,14-16,19,23H,5-13,22H2. The van der Waals surface area contributed by atoms with Gasteiger partial charge < -0.3 is 11.1 Å². The molecular weight excluding hydrogens is 287 g/mol. The Kier molecular flexibility index (Phi) is 4.19. The van der Waals surface area contributed by atoms with E-state index in [1.165, 1.54) is 57.2 Å². The maximum Gasteiger partial charge on any atom is 0.123 e. The smallest absolute Gasteiger partial charge is 0.123 e. The lowest BCUT2D eigenvalue weighted by molar-refractivity contribution is -0.0512. The summed E-state index contributed by atoms with van der Waals surface area (Å²) in [4.78, 5) is 0. The first-order valence-electron chi connectivity index (χ1n) is 9.34. The Hall–Kier alpha value is -0.930. The Morgan fingerprint density at radius 1 is 1.04 bits per heavy atom. The third kappa shape index (κ3) is 3.32. The number of hydrogen-bond donors (Lipinski definition) is 2. The topological polar surface area (TPSA) is 38.0 Å². The number of nitrogens with one attached hydrogen (secondary N) is 1. The van der Waals surface area contributed by atoms with Gasteiger partial charge in [-0.1, -0.05) is 12.1 Å². The number of hydrogen-bond acceptors (Lipinski definition) is 2. The first-order chi connectivity index (χ1) is 11.1.